The standard InChI is InChI=1S/C13H15F3N2/c14-13(15,16)9-2-3-10-11(8-9)17-7-6-12(18-10)4-1-5-12/h2-3,8,17-18H,1,4-7H2. The topological polar surface area (TPSA) is 24.1 Å². The van der Waals surface area contributed by atoms with Crippen molar-refractivity contribution in [2.45, 2.75) is 37.4 Å². The molecule has 0 bridgehead atoms. The largest absolute Gasteiger partial charge is 0.416 e. The quantitative estimate of drug-likeness (QED) is 0.736. The molecule has 1 aliphatic carbocycles. The minimum Gasteiger partial charge on any atom is -0.383 e. The number of alkyl halides is 3. The van der Waals surface area contributed by atoms with Gasteiger partial charge in [0.05, 0.1) is 16.9 Å². The number of hydrogen-bond donors (Lipinski definition) is 2. The van der Waals surface area contributed by atoms with Gasteiger partial charge in [-0.3, -0.25) is 0 Å². The van der Waals surface area contributed by atoms with Crippen molar-refractivity contribution in [3.8, 4) is 0 Å². The molecule has 0 amide bonds. The fourth-order valence-corrected chi connectivity index (χ4v) is 2.74. The summed E-state index contributed by atoms with van der Waals surface area (Å²) in [4.78, 5) is 0. The summed E-state index contributed by atoms with van der Waals surface area (Å²) in [6, 6.07) is 3.88. The number of benzene rings is 1. The van der Waals surface area contributed by atoms with Crippen molar-refractivity contribution in [2.24, 2.45) is 0 Å². The fourth-order valence-electron chi connectivity index (χ4n) is 2.74. The molecule has 18 heavy (non-hydrogen) atoms. The maximum Gasteiger partial charge on any atom is 0.416 e. The second kappa shape index (κ2) is 3.80. The van der Waals surface area contributed by atoms with E-state index in [1.165, 1.54) is 18.6 Å². The van der Waals surface area contributed by atoms with Crippen LogP contribution in [0, 0.1) is 0 Å². The predicted octanol–water partition coefficient (Wildman–Crippen LogP) is 3.86. The van der Waals surface area contributed by atoms with Crippen LogP contribution in [0.2, 0.25) is 0 Å². The zero-order valence-electron chi connectivity index (χ0n) is 9.90. The lowest BCUT2D eigenvalue weighted by Crippen LogP contribution is -2.45. The molecule has 98 valence electrons. The average molecular weight is 256 g/mol. The van der Waals surface area contributed by atoms with Crippen molar-refractivity contribution in [2.75, 3.05) is 17.2 Å². The normalized spacial score (nSPS) is 21.3. The Labute approximate surface area is 104 Å². The summed E-state index contributed by atoms with van der Waals surface area (Å²) >= 11 is 0. The summed E-state index contributed by atoms with van der Waals surface area (Å²) in [7, 11) is 0. The van der Waals surface area contributed by atoms with Crippen LogP contribution < -0.4 is 10.6 Å². The van der Waals surface area contributed by atoms with Gasteiger partial charge < -0.3 is 10.6 Å². The molecule has 1 saturated carbocycles. The number of anilines is 2. The second-order valence-electron chi connectivity index (χ2n) is 5.19. The number of fused-ring (bicyclic) bond motifs is 1. The van der Waals surface area contributed by atoms with E-state index >= 15 is 0 Å². The number of nitrogens with one attached hydrogen (secondary N) is 2. The van der Waals surface area contributed by atoms with Crippen LogP contribution in [0.1, 0.15) is 31.2 Å². The third kappa shape index (κ3) is 1.91. The van der Waals surface area contributed by atoms with E-state index < -0.39 is 11.7 Å². The fraction of sp³-hybridized carbons (Fsp3) is 0.538. The summed E-state index contributed by atoms with van der Waals surface area (Å²) in [6.07, 6.45) is 0.0907. The van der Waals surface area contributed by atoms with Gasteiger partial charge in [0.2, 0.25) is 0 Å². The van der Waals surface area contributed by atoms with Crippen molar-refractivity contribution in [1.29, 1.82) is 0 Å². The maximum absolute atomic E-state index is 12.6. The van der Waals surface area contributed by atoms with Crippen LogP contribution in [0.4, 0.5) is 24.5 Å². The highest BCUT2D eigenvalue weighted by Gasteiger charge is 2.38. The summed E-state index contributed by atoms with van der Waals surface area (Å²) < 4.78 is 37.9. The van der Waals surface area contributed by atoms with Crippen molar-refractivity contribution in [3.05, 3.63) is 23.8 Å². The van der Waals surface area contributed by atoms with Gasteiger partial charge in [0.1, 0.15) is 0 Å². The number of rotatable bonds is 0. The van der Waals surface area contributed by atoms with Crippen molar-refractivity contribution >= 4 is 11.4 Å². The van der Waals surface area contributed by atoms with E-state index in [0.29, 0.717) is 5.69 Å². The SMILES string of the molecule is FC(F)(F)c1ccc2c(c1)NCCC1(CCC1)N2. The third-order valence-electron chi connectivity index (χ3n) is 3.98. The highest BCUT2D eigenvalue weighted by Crippen LogP contribution is 2.43. The first-order chi connectivity index (χ1) is 8.49. The second-order valence-corrected chi connectivity index (χ2v) is 5.19. The Hall–Kier alpha value is -1.39. The first-order valence-corrected chi connectivity index (χ1v) is 6.22. The molecule has 3 rings (SSSR count). The Morgan fingerprint density at radius 2 is 1.83 bits per heavy atom. The van der Waals surface area contributed by atoms with Gasteiger partial charge in [0.25, 0.3) is 0 Å². The van der Waals surface area contributed by atoms with E-state index in [2.05, 4.69) is 10.6 Å². The van der Waals surface area contributed by atoms with Crippen LogP contribution in [0.15, 0.2) is 18.2 Å². The molecule has 0 atom stereocenters. The first-order valence-electron chi connectivity index (χ1n) is 6.22. The zero-order chi connectivity index (χ0) is 12.8. The molecule has 5 heteroatoms. The van der Waals surface area contributed by atoms with Crippen LogP contribution in [-0.4, -0.2) is 12.1 Å². The molecule has 1 aromatic carbocycles. The summed E-state index contributed by atoms with van der Waals surface area (Å²) in [5.74, 6) is 0. The van der Waals surface area contributed by atoms with E-state index in [-0.39, 0.29) is 5.54 Å². The molecule has 2 N–H and O–H groups in total. The molecular weight excluding hydrogens is 241 g/mol. The summed E-state index contributed by atoms with van der Waals surface area (Å²) in [5.41, 5.74) is 0.867. The van der Waals surface area contributed by atoms with Gasteiger partial charge >= 0.3 is 6.18 Å². The maximum atomic E-state index is 12.6. The highest BCUT2D eigenvalue weighted by atomic mass is 19.4. The lowest BCUT2D eigenvalue weighted by molar-refractivity contribution is -0.137. The molecule has 0 unspecified atom stereocenters. The predicted molar refractivity (Wildman–Crippen MR) is 64.8 cm³/mol. The lowest BCUT2D eigenvalue weighted by atomic mass is 9.74. The molecule has 1 spiro atoms. The van der Waals surface area contributed by atoms with Crippen LogP contribution in [0.25, 0.3) is 0 Å². The van der Waals surface area contributed by atoms with Crippen LogP contribution >= 0.6 is 0 Å². The molecule has 1 aliphatic heterocycles. The van der Waals surface area contributed by atoms with Crippen molar-refractivity contribution in [3.63, 3.8) is 0 Å². The first kappa shape index (κ1) is 11.7. The molecule has 1 aromatic rings. The zero-order valence-corrected chi connectivity index (χ0v) is 9.90. The van der Waals surface area contributed by atoms with E-state index in [0.717, 1.165) is 37.6 Å². The van der Waals surface area contributed by atoms with Crippen LogP contribution in [0.3, 0.4) is 0 Å². The smallest absolute Gasteiger partial charge is 0.383 e. The van der Waals surface area contributed by atoms with Gasteiger partial charge in [-0.2, -0.15) is 13.2 Å². The Morgan fingerprint density at radius 3 is 2.44 bits per heavy atom. The minimum atomic E-state index is -4.28. The van der Waals surface area contributed by atoms with Gasteiger partial charge in [-0.05, 0) is 43.9 Å². The molecule has 1 heterocycles. The van der Waals surface area contributed by atoms with Gasteiger partial charge in [-0.15, -0.1) is 0 Å². The molecule has 0 saturated heterocycles. The Kier molecular flexibility index (Phi) is 2.47. The highest BCUT2D eigenvalue weighted by molar-refractivity contribution is 5.72. The summed E-state index contributed by atoms with van der Waals surface area (Å²) in [6.45, 7) is 0.724. The van der Waals surface area contributed by atoms with Gasteiger partial charge in [-0.1, -0.05) is 0 Å². The lowest BCUT2D eigenvalue weighted by Gasteiger charge is -2.42. The van der Waals surface area contributed by atoms with Gasteiger partial charge in [0, 0.05) is 12.1 Å². The molecule has 1 fully saturated rings. The molecule has 2 aliphatic rings. The van der Waals surface area contributed by atoms with E-state index in [9.17, 15) is 13.2 Å². The van der Waals surface area contributed by atoms with Gasteiger partial charge in [0.15, 0.2) is 0 Å². The summed E-state index contributed by atoms with van der Waals surface area (Å²) in [5, 5.41) is 6.52. The average Bonchev–Trinajstić information content (AvgIpc) is 2.45. The van der Waals surface area contributed by atoms with Crippen molar-refractivity contribution < 1.29 is 13.2 Å². The monoisotopic (exact) mass is 256 g/mol. The third-order valence-corrected chi connectivity index (χ3v) is 3.98. The Balaban J connectivity index is 1.93. The number of halogens is 3. The molecule has 0 aromatic heterocycles. The Morgan fingerprint density at radius 1 is 1.06 bits per heavy atom. The van der Waals surface area contributed by atoms with Crippen LogP contribution in [0.5, 0.6) is 0 Å². The number of hydrogen-bond acceptors (Lipinski definition) is 2. The molecular formula is C13H15F3N2. The van der Waals surface area contributed by atoms with E-state index in [4.69, 9.17) is 0 Å². The van der Waals surface area contributed by atoms with E-state index in [1.807, 2.05) is 0 Å². The van der Waals surface area contributed by atoms with Crippen LogP contribution in [-0.2, 0) is 6.18 Å². The van der Waals surface area contributed by atoms with Gasteiger partial charge in [-0.25, -0.2) is 0 Å². The Bertz CT molecular complexity index is 464. The molecule has 2 nitrogen and oxygen atoms in total. The van der Waals surface area contributed by atoms with E-state index in [1.54, 1.807) is 0 Å². The molecule has 0 radical (unpaired) electrons. The minimum absolute atomic E-state index is 0.109. The van der Waals surface area contributed by atoms with Crippen molar-refractivity contribution in [1.82, 2.24) is 0 Å².